The van der Waals surface area contributed by atoms with E-state index < -0.39 is 12.1 Å². The molecule has 1 aliphatic rings. The molecule has 0 radical (unpaired) electrons. The third kappa shape index (κ3) is 3.22. The zero-order valence-electron chi connectivity index (χ0n) is 13.5. The maximum absolute atomic E-state index is 12.8. The number of carbonyl (C=O) groups excluding carboxylic acids is 2. The third-order valence-electron chi connectivity index (χ3n) is 4.14. The highest BCUT2D eigenvalue weighted by molar-refractivity contribution is 9.10. The van der Waals surface area contributed by atoms with Gasteiger partial charge in [-0.05, 0) is 50.1 Å². The van der Waals surface area contributed by atoms with E-state index in [4.69, 9.17) is 4.74 Å². The number of rotatable bonds is 3. The number of benzene rings is 2. The number of para-hydroxylation sites is 1. The van der Waals surface area contributed by atoms with Crippen molar-refractivity contribution in [2.24, 2.45) is 0 Å². The van der Waals surface area contributed by atoms with Gasteiger partial charge in [0.1, 0.15) is 0 Å². The lowest BCUT2D eigenvalue weighted by Crippen LogP contribution is -2.43. The fourth-order valence-corrected chi connectivity index (χ4v) is 3.39. The molecule has 0 unspecified atom stereocenters. The Labute approximate surface area is 149 Å². The second kappa shape index (κ2) is 6.77. The molecule has 2 atom stereocenters. The standard InChI is InChI=1S/C19H18BrNO3/c1-12-10-14-6-3-4-9-17(14)21(12)18(22)13(2)24-19(23)15-7-5-8-16(20)11-15/h3-9,11-13H,10H2,1-2H3/t12-,13-/m0/s1. The van der Waals surface area contributed by atoms with Gasteiger partial charge in [0.2, 0.25) is 0 Å². The van der Waals surface area contributed by atoms with E-state index in [1.807, 2.05) is 37.3 Å². The fraction of sp³-hybridized carbons (Fsp3) is 0.263. The van der Waals surface area contributed by atoms with Crippen LogP contribution < -0.4 is 4.90 Å². The maximum Gasteiger partial charge on any atom is 0.338 e. The van der Waals surface area contributed by atoms with Crippen molar-refractivity contribution in [3.63, 3.8) is 0 Å². The Bertz CT molecular complexity index is 790. The van der Waals surface area contributed by atoms with Gasteiger partial charge in [0.05, 0.1) is 5.56 Å². The summed E-state index contributed by atoms with van der Waals surface area (Å²) in [6.45, 7) is 3.62. The van der Waals surface area contributed by atoms with Gasteiger partial charge in [0, 0.05) is 16.2 Å². The predicted molar refractivity (Wildman–Crippen MR) is 96.1 cm³/mol. The monoisotopic (exact) mass is 387 g/mol. The van der Waals surface area contributed by atoms with Gasteiger partial charge in [-0.15, -0.1) is 0 Å². The molecule has 4 nitrogen and oxygen atoms in total. The van der Waals surface area contributed by atoms with Gasteiger partial charge in [-0.25, -0.2) is 4.79 Å². The van der Waals surface area contributed by atoms with Crippen molar-refractivity contribution >= 4 is 33.5 Å². The smallest absolute Gasteiger partial charge is 0.338 e. The molecule has 5 heteroatoms. The van der Waals surface area contributed by atoms with Crippen molar-refractivity contribution in [3.05, 3.63) is 64.1 Å². The average molecular weight is 388 g/mol. The SMILES string of the molecule is C[C@H](OC(=O)c1cccc(Br)c1)C(=O)N1c2ccccc2C[C@@H]1C. The highest BCUT2D eigenvalue weighted by Crippen LogP contribution is 2.32. The van der Waals surface area contributed by atoms with Crippen LogP contribution >= 0.6 is 15.9 Å². The lowest BCUT2D eigenvalue weighted by molar-refractivity contribution is -0.126. The zero-order valence-corrected chi connectivity index (χ0v) is 15.1. The lowest BCUT2D eigenvalue weighted by atomic mass is 10.1. The first-order valence-electron chi connectivity index (χ1n) is 7.85. The normalized spacial score (nSPS) is 17.3. The van der Waals surface area contributed by atoms with Gasteiger partial charge >= 0.3 is 5.97 Å². The topological polar surface area (TPSA) is 46.6 Å². The number of fused-ring (bicyclic) bond motifs is 1. The number of hydrogen-bond donors (Lipinski definition) is 0. The number of anilines is 1. The van der Waals surface area contributed by atoms with Crippen LogP contribution in [0.15, 0.2) is 53.0 Å². The van der Waals surface area contributed by atoms with E-state index in [0.717, 1.165) is 22.1 Å². The van der Waals surface area contributed by atoms with E-state index in [0.29, 0.717) is 5.56 Å². The summed E-state index contributed by atoms with van der Waals surface area (Å²) < 4.78 is 6.17. The molecule has 0 N–H and O–H groups in total. The van der Waals surface area contributed by atoms with Crippen LogP contribution in [0, 0.1) is 0 Å². The van der Waals surface area contributed by atoms with Crippen LogP contribution in [0.2, 0.25) is 0 Å². The van der Waals surface area contributed by atoms with Gasteiger partial charge in [0.15, 0.2) is 6.10 Å². The summed E-state index contributed by atoms with van der Waals surface area (Å²) in [6.07, 6.45) is -0.0288. The highest BCUT2D eigenvalue weighted by atomic mass is 79.9. The summed E-state index contributed by atoms with van der Waals surface area (Å²) in [5.41, 5.74) is 2.46. The Hall–Kier alpha value is -2.14. The van der Waals surface area contributed by atoms with Crippen molar-refractivity contribution in [1.82, 2.24) is 0 Å². The Morgan fingerprint density at radius 2 is 1.96 bits per heavy atom. The van der Waals surface area contributed by atoms with Gasteiger partial charge in [-0.3, -0.25) is 4.79 Å². The van der Waals surface area contributed by atoms with E-state index in [1.54, 1.807) is 30.0 Å². The van der Waals surface area contributed by atoms with Crippen LogP contribution in [0.4, 0.5) is 5.69 Å². The van der Waals surface area contributed by atoms with E-state index in [2.05, 4.69) is 15.9 Å². The van der Waals surface area contributed by atoms with Gasteiger partial charge < -0.3 is 9.64 Å². The molecule has 0 aliphatic carbocycles. The summed E-state index contributed by atoms with van der Waals surface area (Å²) in [4.78, 5) is 26.8. The first kappa shape index (κ1) is 16.7. The molecule has 2 aromatic carbocycles. The molecular formula is C19H18BrNO3. The number of carbonyl (C=O) groups is 2. The second-order valence-corrected chi connectivity index (χ2v) is 6.86. The Morgan fingerprint density at radius 3 is 2.71 bits per heavy atom. The van der Waals surface area contributed by atoms with Crippen LogP contribution in [0.5, 0.6) is 0 Å². The molecule has 2 aromatic rings. The molecule has 3 rings (SSSR count). The van der Waals surface area contributed by atoms with Crippen molar-refractivity contribution in [2.45, 2.75) is 32.4 Å². The van der Waals surface area contributed by atoms with Crippen LogP contribution in [-0.2, 0) is 16.0 Å². The van der Waals surface area contributed by atoms with Crippen molar-refractivity contribution < 1.29 is 14.3 Å². The molecular weight excluding hydrogens is 370 g/mol. The molecule has 1 amide bonds. The first-order valence-corrected chi connectivity index (χ1v) is 8.64. The van der Waals surface area contributed by atoms with E-state index in [9.17, 15) is 9.59 Å². The van der Waals surface area contributed by atoms with E-state index >= 15 is 0 Å². The number of nitrogens with zero attached hydrogens (tertiary/aromatic N) is 1. The first-order chi connectivity index (χ1) is 11.5. The molecule has 0 spiro atoms. The Kier molecular flexibility index (Phi) is 4.71. The number of hydrogen-bond acceptors (Lipinski definition) is 3. The van der Waals surface area contributed by atoms with Gasteiger partial charge in [-0.2, -0.15) is 0 Å². The minimum absolute atomic E-state index is 0.0573. The summed E-state index contributed by atoms with van der Waals surface area (Å²) >= 11 is 3.32. The van der Waals surface area contributed by atoms with Crippen molar-refractivity contribution in [3.8, 4) is 0 Å². The summed E-state index contributed by atoms with van der Waals surface area (Å²) in [6, 6.07) is 14.8. The number of ether oxygens (including phenoxy) is 1. The maximum atomic E-state index is 12.8. The number of amides is 1. The quantitative estimate of drug-likeness (QED) is 0.748. The van der Waals surface area contributed by atoms with Gasteiger partial charge in [0.25, 0.3) is 5.91 Å². The van der Waals surface area contributed by atoms with Crippen LogP contribution in [0.1, 0.15) is 29.8 Å². The molecule has 0 fully saturated rings. The number of esters is 1. The predicted octanol–water partition coefficient (Wildman–Crippen LogP) is 3.97. The molecule has 1 aliphatic heterocycles. The van der Waals surface area contributed by atoms with Crippen molar-refractivity contribution in [2.75, 3.05) is 4.90 Å². The van der Waals surface area contributed by atoms with Crippen LogP contribution in [-0.4, -0.2) is 24.0 Å². The molecule has 124 valence electrons. The van der Waals surface area contributed by atoms with E-state index in [-0.39, 0.29) is 11.9 Å². The summed E-state index contributed by atoms with van der Waals surface area (Å²) in [5, 5.41) is 0. The van der Waals surface area contributed by atoms with Crippen molar-refractivity contribution in [1.29, 1.82) is 0 Å². The molecule has 24 heavy (non-hydrogen) atoms. The Balaban J connectivity index is 1.75. The molecule has 0 bridgehead atoms. The molecule has 0 saturated carbocycles. The largest absolute Gasteiger partial charge is 0.449 e. The molecule has 0 saturated heterocycles. The van der Waals surface area contributed by atoms with Crippen LogP contribution in [0.25, 0.3) is 0 Å². The third-order valence-corrected chi connectivity index (χ3v) is 4.63. The van der Waals surface area contributed by atoms with Gasteiger partial charge in [-0.1, -0.05) is 40.2 Å². The van der Waals surface area contributed by atoms with E-state index in [1.165, 1.54) is 0 Å². The lowest BCUT2D eigenvalue weighted by Gasteiger charge is -2.25. The fourth-order valence-electron chi connectivity index (χ4n) is 2.99. The summed E-state index contributed by atoms with van der Waals surface area (Å²) in [7, 11) is 0. The zero-order chi connectivity index (χ0) is 17.3. The minimum Gasteiger partial charge on any atom is -0.449 e. The average Bonchev–Trinajstić information content (AvgIpc) is 2.89. The minimum atomic E-state index is -0.843. The van der Waals surface area contributed by atoms with Crippen LogP contribution in [0.3, 0.4) is 0 Å². The molecule has 1 heterocycles. The second-order valence-electron chi connectivity index (χ2n) is 5.95. The summed E-state index contributed by atoms with van der Waals surface area (Å²) in [5.74, 6) is -0.701. The molecule has 0 aromatic heterocycles. The Morgan fingerprint density at radius 1 is 1.21 bits per heavy atom. The highest BCUT2D eigenvalue weighted by Gasteiger charge is 2.34. The number of halogens is 1.